The number of aromatic nitrogens is 1. The van der Waals surface area contributed by atoms with Crippen LogP contribution in [0.15, 0.2) is 58.2 Å². The number of benzene rings is 2. The smallest absolute Gasteiger partial charge is 0.139 e. The minimum atomic E-state index is 0.417. The van der Waals surface area contributed by atoms with Crippen molar-refractivity contribution in [2.45, 2.75) is 27.4 Å². The molecule has 1 heterocycles. The summed E-state index contributed by atoms with van der Waals surface area (Å²) in [5, 5.41) is 8.23. The van der Waals surface area contributed by atoms with E-state index < -0.39 is 0 Å². The van der Waals surface area contributed by atoms with E-state index in [1.807, 2.05) is 50.2 Å². The van der Waals surface area contributed by atoms with Crippen molar-refractivity contribution >= 4 is 5.71 Å². The lowest BCUT2D eigenvalue weighted by atomic mass is 10.0. The SMILES string of the molecule is CON=C(c1cc(C)on1)c1ccccc1COc1cc(C)ccc1C. The molecular weight excluding hydrogens is 328 g/mol. The Hall–Kier alpha value is -3.08. The van der Waals surface area contributed by atoms with Crippen molar-refractivity contribution in [1.82, 2.24) is 5.16 Å². The molecule has 0 saturated heterocycles. The Balaban J connectivity index is 1.92. The molecule has 0 fully saturated rings. The topological polar surface area (TPSA) is 56.9 Å². The van der Waals surface area contributed by atoms with E-state index in [9.17, 15) is 0 Å². The molecule has 0 spiro atoms. The summed E-state index contributed by atoms with van der Waals surface area (Å²) >= 11 is 0. The molecule has 0 N–H and O–H groups in total. The Morgan fingerprint density at radius 3 is 2.62 bits per heavy atom. The van der Waals surface area contributed by atoms with Crippen LogP contribution >= 0.6 is 0 Å². The Kier molecular flexibility index (Phi) is 5.37. The van der Waals surface area contributed by atoms with Crippen LogP contribution in [-0.2, 0) is 11.4 Å². The number of oxime groups is 1. The van der Waals surface area contributed by atoms with Crippen molar-refractivity contribution in [3.05, 3.63) is 82.2 Å². The number of nitrogens with zero attached hydrogens (tertiary/aromatic N) is 2. The van der Waals surface area contributed by atoms with Gasteiger partial charge in [0.2, 0.25) is 0 Å². The Labute approximate surface area is 153 Å². The third-order valence-electron chi connectivity index (χ3n) is 4.05. The molecule has 1 aromatic heterocycles. The fourth-order valence-corrected chi connectivity index (χ4v) is 2.70. The van der Waals surface area contributed by atoms with Crippen molar-refractivity contribution in [2.75, 3.05) is 7.11 Å². The third kappa shape index (κ3) is 3.94. The molecule has 0 aliphatic carbocycles. The molecular formula is C21H22N2O3. The van der Waals surface area contributed by atoms with Crippen LogP contribution in [0, 0.1) is 20.8 Å². The lowest BCUT2D eigenvalue weighted by molar-refractivity contribution is 0.213. The van der Waals surface area contributed by atoms with E-state index in [0.717, 1.165) is 22.4 Å². The largest absolute Gasteiger partial charge is 0.489 e. The summed E-state index contributed by atoms with van der Waals surface area (Å²) in [5.41, 5.74) is 5.40. The van der Waals surface area contributed by atoms with Crippen LogP contribution in [0.5, 0.6) is 5.75 Å². The molecule has 3 aromatic rings. The van der Waals surface area contributed by atoms with Gasteiger partial charge in [0, 0.05) is 11.6 Å². The normalized spacial score (nSPS) is 11.5. The van der Waals surface area contributed by atoms with Crippen LogP contribution in [-0.4, -0.2) is 18.0 Å². The lowest BCUT2D eigenvalue weighted by Crippen LogP contribution is -2.10. The third-order valence-corrected chi connectivity index (χ3v) is 4.05. The minimum absolute atomic E-state index is 0.417. The summed E-state index contributed by atoms with van der Waals surface area (Å²) in [4.78, 5) is 5.04. The Morgan fingerprint density at radius 2 is 1.88 bits per heavy atom. The fourth-order valence-electron chi connectivity index (χ4n) is 2.70. The highest BCUT2D eigenvalue weighted by atomic mass is 16.6. The zero-order valence-electron chi connectivity index (χ0n) is 15.4. The van der Waals surface area contributed by atoms with E-state index in [1.165, 1.54) is 12.7 Å². The van der Waals surface area contributed by atoms with Crippen LogP contribution in [0.25, 0.3) is 0 Å². The molecule has 0 aliphatic rings. The monoisotopic (exact) mass is 350 g/mol. The van der Waals surface area contributed by atoms with Gasteiger partial charge < -0.3 is 14.1 Å². The maximum Gasteiger partial charge on any atom is 0.139 e. The number of ether oxygens (including phenoxy) is 1. The average Bonchev–Trinajstić information content (AvgIpc) is 3.07. The van der Waals surface area contributed by atoms with Gasteiger partial charge in [-0.15, -0.1) is 0 Å². The number of aryl methyl sites for hydroxylation is 3. The zero-order valence-corrected chi connectivity index (χ0v) is 15.4. The molecule has 0 saturated carbocycles. The predicted molar refractivity (Wildman–Crippen MR) is 101 cm³/mol. The van der Waals surface area contributed by atoms with Crippen molar-refractivity contribution in [3.63, 3.8) is 0 Å². The van der Waals surface area contributed by atoms with Gasteiger partial charge >= 0.3 is 0 Å². The van der Waals surface area contributed by atoms with Gasteiger partial charge in [-0.3, -0.25) is 0 Å². The zero-order chi connectivity index (χ0) is 18.5. The Bertz CT molecular complexity index is 929. The van der Waals surface area contributed by atoms with E-state index >= 15 is 0 Å². The molecule has 0 radical (unpaired) electrons. The maximum absolute atomic E-state index is 6.07. The summed E-state index contributed by atoms with van der Waals surface area (Å²) in [5.74, 6) is 1.59. The lowest BCUT2D eigenvalue weighted by Gasteiger charge is -2.13. The van der Waals surface area contributed by atoms with E-state index in [0.29, 0.717) is 23.8 Å². The number of hydrogen-bond donors (Lipinski definition) is 0. The summed E-state index contributed by atoms with van der Waals surface area (Å²) < 4.78 is 11.3. The standard InChI is InChI=1S/C21H22N2O3/c1-14-9-10-15(2)20(11-14)25-13-17-7-5-6-8-18(17)21(23-24-4)19-12-16(3)26-22-19/h5-12H,13H2,1-4H3. The predicted octanol–water partition coefficient (Wildman–Crippen LogP) is 4.58. The highest BCUT2D eigenvalue weighted by molar-refractivity contribution is 6.12. The van der Waals surface area contributed by atoms with Crippen molar-refractivity contribution in [2.24, 2.45) is 5.16 Å². The molecule has 3 rings (SSSR count). The molecule has 26 heavy (non-hydrogen) atoms. The van der Waals surface area contributed by atoms with Gasteiger partial charge in [-0.1, -0.05) is 46.7 Å². The van der Waals surface area contributed by atoms with Gasteiger partial charge in [-0.2, -0.15) is 0 Å². The molecule has 134 valence electrons. The van der Waals surface area contributed by atoms with Gasteiger partial charge in [0.15, 0.2) is 0 Å². The summed E-state index contributed by atoms with van der Waals surface area (Å²) in [6.45, 7) is 6.35. The molecule has 0 bridgehead atoms. The average molecular weight is 350 g/mol. The van der Waals surface area contributed by atoms with E-state index in [1.54, 1.807) is 0 Å². The van der Waals surface area contributed by atoms with E-state index in [-0.39, 0.29) is 0 Å². The molecule has 0 amide bonds. The van der Waals surface area contributed by atoms with Crippen molar-refractivity contribution in [3.8, 4) is 5.75 Å². The van der Waals surface area contributed by atoms with Crippen molar-refractivity contribution in [1.29, 1.82) is 0 Å². The highest BCUT2D eigenvalue weighted by Crippen LogP contribution is 2.22. The summed E-state index contributed by atoms with van der Waals surface area (Å²) in [7, 11) is 1.52. The molecule has 5 nitrogen and oxygen atoms in total. The van der Waals surface area contributed by atoms with Crippen LogP contribution in [0.2, 0.25) is 0 Å². The fraction of sp³-hybridized carbons (Fsp3) is 0.238. The second kappa shape index (κ2) is 7.87. The van der Waals surface area contributed by atoms with Crippen LogP contribution < -0.4 is 4.74 Å². The van der Waals surface area contributed by atoms with Gasteiger partial charge in [0.25, 0.3) is 0 Å². The molecule has 0 aliphatic heterocycles. The summed E-state index contributed by atoms with van der Waals surface area (Å²) in [6, 6.07) is 15.9. The number of rotatable bonds is 6. The first-order chi connectivity index (χ1) is 12.6. The second-order valence-electron chi connectivity index (χ2n) is 6.16. The molecule has 5 heteroatoms. The first-order valence-corrected chi connectivity index (χ1v) is 8.41. The van der Waals surface area contributed by atoms with Gasteiger partial charge in [0.1, 0.15) is 36.6 Å². The van der Waals surface area contributed by atoms with Crippen molar-refractivity contribution < 1.29 is 14.1 Å². The van der Waals surface area contributed by atoms with Gasteiger partial charge in [-0.25, -0.2) is 0 Å². The minimum Gasteiger partial charge on any atom is -0.489 e. The highest BCUT2D eigenvalue weighted by Gasteiger charge is 2.17. The van der Waals surface area contributed by atoms with E-state index in [4.69, 9.17) is 14.1 Å². The molecule has 2 aromatic carbocycles. The first-order valence-electron chi connectivity index (χ1n) is 8.41. The summed E-state index contributed by atoms with van der Waals surface area (Å²) in [6.07, 6.45) is 0. The maximum atomic E-state index is 6.07. The van der Waals surface area contributed by atoms with Crippen LogP contribution in [0.3, 0.4) is 0 Å². The van der Waals surface area contributed by atoms with Crippen LogP contribution in [0.4, 0.5) is 0 Å². The van der Waals surface area contributed by atoms with Gasteiger partial charge in [0.05, 0.1) is 0 Å². The van der Waals surface area contributed by atoms with Crippen LogP contribution in [0.1, 0.15) is 33.7 Å². The quantitative estimate of drug-likeness (QED) is 0.482. The van der Waals surface area contributed by atoms with E-state index in [2.05, 4.69) is 29.4 Å². The van der Waals surface area contributed by atoms with Gasteiger partial charge in [-0.05, 0) is 43.5 Å². The first kappa shape index (κ1) is 17.7. The Morgan fingerprint density at radius 1 is 1.08 bits per heavy atom. The molecule has 0 unspecified atom stereocenters. The number of hydrogen-bond acceptors (Lipinski definition) is 5. The second-order valence-corrected chi connectivity index (χ2v) is 6.16. The molecule has 0 atom stereocenters.